The largest absolute Gasteiger partial charge is 0.573 e. The molecule has 10 nitrogen and oxygen atoms in total. The number of alkyl halides is 3. The van der Waals surface area contributed by atoms with E-state index >= 15 is 0 Å². The highest BCUT2D eigenvalue weighted by Crippen LogP contribution is 2.50. The number of hydrogen-bond acceptors (Lipinski definition) is 7. The molecular weight excluding hydrogens is 547 g/mol. The summed E-state index contributed by atoms with van der Waals surface area (Å²) in [6.45, 7) is -0.122. The average molecular weight is 569 g/mol. The van der Waals surface area contributed by atoms with Crippen molar-refractivity contribution in [1.82, 2.24) is 10.2 Å². The summed E-state index contributed by atoms with van der Waals surface area (Å²) in [5, 5.41) is 24.5. The number of non-ortho nitro benzene ring substituents is 1. The molecule has 41 heavy (non-hydrogen) atoms. The van der Waals surface area contributed by atoms with E-state index < -0.39 is 58.2 Å². The second-order valence-electron chi connectivity index (χ2n) is 9.87. The first kappa shape index (κ1) is 27.8. The van der Waals surface area contributed by atoms with Crippen LogP contribution in [0.5, 0.6) is 5.75 Å². The van der Waals surface area contributed by atoms with E-state index in [1.165, 1.54) is 36.4 Å². The molecule has 2 fully saturated rings. The molecule has 2 heterocycles. The summed E-state index contributed by atoms with van der Waals surface area (Å²) in [6, 6.07) is 17.3. The van der Waals surface area contributed by atoms with Gasteiger partial charge < -0.3 is 9.84 Å². The van der Waals surface area contributed by atoms with Gasteiger partial charge in [0, 0.05) is 24.6 Å². The number of carboxylic acids is 1. The maximum atomic E-state index is 13.8. The number of hydrogen-bond donors (Lipinski definition) is 2. The Balaban J connectivity index is 1.59. The third-order valence-electron chi connectivity index (χ3n) is 7.39. The number of nitro benzene ring substituents is 1. The highest BCUT2D eigenvalue weighted by Gasteiger charge is 2.68. The van der Waals surface area contributed by atoms with Crippen molar-refractivity contribution in [2.24, 2.45) is 11.8 Å². The van der Waals surface area contributed by atoms with Gasteiger partial charge in [-0.3, -0.25) is 34.7 Å². The Morgan fingerprint density at radius 3 is 2.29 bits per heavy atom. The van der Waals surface area contributed by atoms with Gasteiger partial charge in [-0.15, -0.1) is 13.2 Å². The monoisotopic (exact) mass is 569 g/mol. The molecule has 0 bridgehead atoms. The number of fused-ring (bicyclic) bond motifs is 1. The van der Waals surface area contributed by atoms with Gasteiger partial charge in [0.2, 0.25) is 11.8 Å². The van der Waals surface area contributed by atoms with Gasteiger partial charge in [-0.25, -0.2) is 0 Å². The maximum absolute atomic E-state index is 13.8. The molecule has 0 saturated carbocycles. The van der Waals surface area contributed by atoms with Gasteiger partial charge in [0.15, 0.2) is 0 Å². The van der Waals surface area contributed by atoms with Crippen LogP contribution in [0, 0.1) is 22.0 Å². The van der Waals surface area contributed by atoms with Gasteiger partial charge >= 0.3 is 12.3 Å². The smallest absolute Gasteiger partial charge is 0.480 e. The summed E-state index contributed by atoms with van der Waals surface area (Å²) in [5.41, 5.74) is -1.21. The SMILES string of the molecule is O=C1C2C(c3cccc(OC(F)(F)F)c3)NC(Cc3ccc([N+](=O)[O-])cc3)(C(=O)O)C2C(=O)N1Cc1ccccc1. The number of carbonyl (C=O) groups excluding carboxylic acids is 2. The summed E-state index contributed by atoms with van der Waals surface area (Å²) in [6.07, 6.45) is -5.33. The Bertz CT molecular complexity index is 1510. The number of carboxylic acid groups (broad SMARTS) is 1. The van der Waals surface area contributed by atoms with Crippen molar-refractivity contribution in [3.63, 3.8) is 0 Å². The fraction of sp³-hybridized carbons (Fsp3) is 0.250. The van der Waals surface area contributed by atoms with Crippen molar-refractivity contribution in [3.05, 3.63) is 106 Å². The van der Waals surface area contributed by atoms with Gasteiger partial charge in [-0.2, -0.15) is 0 Å². The van der Waals surface area contributed by atoms with Crippen LogP contribution in [0.1, 0.15) is 22.7 Å². The van der Waals surface area contributed by atoms with Crippen LogP contribution in [0.3, 0.4) is 0 Å². The van der Waals surface area contributed by atoms with Crippen LogP contribution in [0.15, 0.2) is 78.9 Å². The fourth-order valence-electron chi connectivity index (χ4n) is 5.67. The predicted octanol–water partition coefficient (Wildman–Crippen LogP) is 4.01. The summed E-state index contributed by atoms with van der Waals surface area (Å²) < 4.78 is 42.8. The van der Waals surface area contributed by atoms with E-state index in [1.54, 1.807) is 30.3 Å². The molecule has 0 aliphatic carbocycles. The molecule has 0 spiro atoms. The second kappa shape index (κ2) is 10.3. The second-order valence-corrected chi connectivity index (χ2v) is 9.87. The van der Waals surface area contributed by atoms with Crippen molar-refractivity contribution in [1.29, 1.82) is 0 Å². The van der Waals surface area contributed by atoms with E-state index in [4.69, 9.17) is 0 Å². The molecule has 4 atom stereocenters. The molecule has 2 aliphatic rings. The van der Waals surface area contributed by atoms with E-state index in [0.717, 1.165) is 17.0 Å². The lowest BCUT2D eigenvalue weighted by Gasteiger charge is -2.31. The molecule has 13 heteroatoms. The Kier molecular flexibility index (Phi) is 6.99. The zero-order valence-electron chi connectivity index (χ0n) is 21.1. The first-order chi connectivity index (χ1) is 19.4. The summed E-state index contributed by atoms with van der Waals surface area (Å²) in [7, 11) is 0. The molecule has 2 saturated heterocycles. The number of likely N-dealkylation sites (tertiary alicyclic amines) is 1. The first-order valence-corrected chi connectivity index (χ1v) is 12.4. The Morgan fingerprint density at radius 2 is 1.68 bits per heavy atom. The molecule has 4 unspecified atom stereocenters. The quantitative estimate of drug-likeness (QED) is 0.236. The number of amides is 2. The van der Waals surface area contributed by atoms with Crippen molar-refractivity contribution in [3.8, 4) is 5.75 Å². The van der Waals surface area contributed by atoms with Gasteiger partial charge in [0.05, 0.1) is 23.3 Å². The highest BCUT2D eigenvalue weighted by molar-refractivity contribution is 6.09. The number of halogens is 3. The first-order valence-electron chi connectivity index (χ1n) is 12.4. The minimum atomic E-state index is -4.99. The minimum Gasteiger partial charge on any atom is -0.480 e. The van der Waals surface area contributed by atoms with E-state index in [2.05, 4.69) is 10.1 Å². The van der Waals surface area contributed by atoms with Crippen LogP contribution in [-0.4, -0.2) is 44.6 Å². The van der Waals surface area contributed by atoms with E-state index in [-0.39, 0.29) is 24.2 Å². The Morgan fingerprint density at radius 1 is 1.00 bits per heavy atom. The molecule has 2 aliphatic heterocycles. The topological polar surface area (TPSA) is 139 Å². The van der Waals surface area contributed by atoms with Gasteiger partial charge in [-0.05, 0) is 28.8 Å². The molecule has 212 valence electrons. The number of nitrogens with one attached hydrogen (secondary N) is 1. The molecule has 2 N–H and O–H groups in total. The summed E-state index contributed by atoms with van der Waals surface area (Å²) in [5.74, 6) is -6.14. The maximum Gasteiger partial charge on any atom is 0.573 e. The number of aliphatic carboxylic acids is 1. The number of ether oxygens (including phenoxy) is 1. The van der Waals surface area contributed by atoms with Crippen molar-refractivity contribution >= 4 is 23.5 Å². The molecule has 3 aromatic rings. The van der Waals surface area contributed by atoms with Crippen LogP contribution >= 0.6 is 0 Å². The fourth-order valence-corrected chi connectivity index (χ4v) is 5.67. The van der Waals surface area contributed by atoms with Crippen LogP contribution in [0.2, 0.25) is 0 Å². The van der Waals surface area contributed by atoms with E-state index in [9.17, 15) is 42.8 Å². The molecule has 2 amide bonds. The molecule has 0 aromatic heterocycles. The van der Waals surface area contributed by atoms with Crippen LogP contribution in [0.25, 0.3) is 0 Å². The summed E-state index contributed by atoms with van der Waals surface area (Å²) >= 11 is 0. The number of imide groups is 1. The third kappa shape index (κ3) is 5.23. The molecular formula is C28H22F3N3O7. The molecule has 3 aromatic carbocycles. The van der Waals surface area contributed by atoms with E-state index in [1.807, 2.05) is 0 Å². The number of nitro groups is 1. The van der Waals surface area contributed by atoms with Gasteiger partial charge in [0.25, 0.3) is 5.69 Å². The lowest BCUT2D eigenvalue weighted by atomic mass is 9.76. The van der Waals surface area contributed by atoms with Crippen LogP contribution < -0.4 is 10.1 Å². The lowest BCUT2D eigenvalue weighted by Crippen LogP contribution is -2.57. The number of benzene rings is 3. The van der Waals surface area contributed by atoms with E-state index in [0.29, 0.717) is 11.1 Å². The number of nitrogens with zero attached hydrogens (tertiary/aromatic N) is 2. The van der Waals surface area contributed by atoms with Gasteiger partial charge in [0.1, 0.15) is 11.3 Å². The normalized spacial score (nSPS) is 23.9. The highest BCUT2D eigenvalue weighted by atomic mass is 19.4. The predicted molar refractivity (Wildman–Crippen MR) is 135 cm³/mol. The minimum absolute atomic E-state index is 0.122. The standard InChI is InChI=1S/C28H22F3N3O7/c29-28(30,31)41-20-8-4-7-18(13-20)23-21-22(25(36)33(24(21)35)15-17-5-2-1-3-6-17)27(32-23,26(37)38)14-16-9-11-19(12-10-16)34(39)40/h1-13,21-23,32H,14-15H2,(H,37,38). The zero-order chi connectivity index (χ0) is 29.5. The summed E-state index contributed by atoms with van der Waals surface area (Å²) in [4.78, 5) is 52.0. The number of rotatable bonds is 8. The average Bonchev–Trinajstić information content (AvgIpc) is 3.39. The van der Waals surface area contributed by atoms with Crippen LogP contribution in [-0.2, 0) is 27.3 Å². The lowest BCUT2D eigenvalue weighted by molar-refractivity contribution is -0.384. The zero-order valence-corrected chi connectivity index (χ0v) is 21.1. The van der Waals surface area contributed by atoms with Crippen molar-refractivity contribution < 1.29 is 42.3 Å². The Labute approximate surface area is 230 Å². The third-order valence-corrected chi connectivity index (χ3v) is 7.39. The van der Waals surface area contributed by atoms with Crippen molar-refractivity contribution in [2.75, 3.05) is 0 Å². The number of carbonyl (C=O) groups is 3. The molecule has 5 rings (SSSR count). The molecule has 0 radical (unpaired) electrons. The Hall–Kier alpha value is -4.78. The van der Waals surface area contributed by atoms with Gasteiger partial charge in [-0.1, -0.05) is 54.6 Å². The van der Waals surface area contributed by atoms with Crippen molar-refractivity contribution in [2.45, 2.75) is 30.9 Å². The van der Waals surface area contributed by atoms with Crippen LogP contribution in [0.4, 0.5) is 18.9 Å².